The minimum absolute atomic E-state index is 0.0557. The van der Waals surface area contributed by atoms with Crippen LogP contribution in [0, 0.1) is 5.92 Å². The first kappa shape index (κ1) is 17.0. The van der Waals surface area contributed by atoms with E-state index in [2.05, 4.69) is 22.8 Å². The van der Waals surface area contributed by atoms with Gasteiger partial charge in [-0.3, -0.25) is 9.59 Å². The lowest BCUT2D eigenvalue weighted by atomic mass is 10.0. The number of amides is 2. The van der Waals surface area contributed by atoms with E-state index in [9.17, 15) is 9.59 Å². The van der Waals surface area contributed by atoms with Crippen molar-refractivity contribution in [3.63, 3.8) is 0 Å². The molecule has 1 aliphatic carbocycles. The van der Waals surface area contributed by atoms with E-state index in [4.69, 9.17) is 0 Å². The van der Waals surface area contributed by atoms with Crippen LogP contribution >= 0.6 is 0 Å². The van der Waals surface area contributed by atoms with Gasteiger partial charge in [-0.25, -0.2) is 0 Å². The van der Waals surface area contributed by atoms with Crippen LogP contribution in [-0.4, -0.2) is 11.8 Å². The zero-order valence-corrected chi connectivity index (χ0v) is 14.1. The standard InChI is InChI=1S/C21H22N2O2/c24-20(14-16-8-4-5-9-16)23-19-13-7-6-12-18(19)21(25)22-15-17-10-2-1-3-11-17/h1-4,6-8,10-13,16H,5,9,14-15H2,(H,22,25)(H,23,24). The largest absolute Gasteiger partial charge is 0.348 e. The first-order chi connectivity index (χ1) is 12.2. The van der Waals surface area contributed by atoms with Crippen LogP contribution in [0.5, 0.6) is 0 Å². The van der Waals surface area contributed by atoms with Gasteiger partial charge in [0.2, 0.25) is 5.91 Å². The number of carbonyl (C=O) groups is 2. The Balaban J connectivity index is 1.62. The maximum Gasteiger partial charge on any atom is 0.253 e. The Morgan fingerprint density at radius 1 is 1.00 bits per heavy atom. The van der Waals surface area contributed by atoms with Crippen LogP contribution in [-0.2, 0) is 11.3 Å². The second-order valence-corrected chi connectivity index (χ2v) is 6.23. The number of hydrogen-bond acceptors (Lipinski definition) is 2. The number of benzene rings is 2. The molecule has 0 radical (unpaired) electrons. The van der Waals surface area contributed by atoms with Gasteiger partial charge in [0.15, 0.2) is 0 Å². The summed E-state index contributed by atoms with van der Waals surface area (Å²) in [4.78, 5) is 24.7. The molecule has 25 heavy (non-hydrogen) atoms. The Labute approximate surface area is 148 Å². The Bertz CT molecular complexity index is 768. The smallest absolute Gasteiger partial charge is 0.253 e. The number of rotatable bonds is 6. The topological polar surface area (TPSA) is 58.2 Å². The SMILES string of the molecule is O=C(CC1C=CCC1)Nc1ccccc1C(=O)NCc1ccccc1. The lowest BCUT2D eigenvalue weighted by molar-refractivity contribution is -0.116. The van der Waals surface area contributed by atoms with Crippen molar-refractivity contribution < 1.29 is 9.59 Å². The quantitative estimate of drug-likeness (QED) is 0.787. The van der Waals surface area contributed by atoms with Crippen LogP contribution < -0.4 is 10.6 Å². The average Bonchev–Trinajstić information content (AvgIpc) is 3.14. The fraction of sp³-hybridized carbons (Fsp3) is 0.238. The minimum atomic E-state index is -0.194. The van der Waals surface area contributed by atoms with Gasteiger partial charge in [-0.05, 0) is 36.5 Å². The van der Waals surface area contributed by atoms with E-state index in [1.807, 2.05) is 36.4 Å². The maximum absolute atomic E-state index is 12.5. The second kappa shape index (κ2) is 8.29. The highest BCUT2D eigenvalue weighted by Gasteiger charge is 2.16. The van der Waals surface area contributed by atoms with Gasteiger partial charge in [0.25, 0.3) is 5.91 Å². The van der Waals surface area contributed by atoms with Crippen LogP contribution in [0.3, 0.4) is 0 Å². The monoisotopic (exact) mass is 334 g/mol. The van der Waals surface area contributed by atoms with Crippen molar-refractivity contribution in [1.29, 1.82) is 0 Å². The molecule has 128 valence electrons. The lowest BCUT2D eigenvalue weighted by Gasteiger charge is -2.13. The van der Waals surface area contributed by atoms with E-state index in [1.54, 1.807) is 18.2 Å². The predicted octanol–water partition coefficient (Wildman–Crippen LogP) is 3.91. The van der Waals surface area contributed by atoms with E-state index >= 15 is 0 Å². The predicted molar refractivity (Wildman–Crippen MR) is 99.2 cm³/mol. The fourth-order valence-corrected chi connectivity index (χ4v) is 2.97. The van der Waals surface area contributed by atoms with E-state index in [1.165, 1.54) is 0 Å². The Morgan fingerprint density at radius 3 is 2.52 bits per heavy atom. The molecule has 0 aromatic heterocycles. The molecule has 0 heterocycles. The van der Waals surface area contributed by atoms with E-state index in [0.29, 0.717) is 30.1 Å². The number of anilines is 1. The van der Waals surface area contributed by atoms with Crippen LogP contribution in [0.1, 0.15) is 35.2 Å². The van der Waals surface area contributed by atoms with Crippen molar-refractivity contribution in [2.45, 2.75) is 25.8 Å². The highest BCUT2D eigenvalue weighted by Crippen LogP contribution is 2.22. The molecular weight excluding hydrogens is 312 g/mol. The highest BCUT2D eigenvalue weighted by molar-refractivity contribution is 6.03. The molecule has 1 unspecified atom stereocenters. The summed E-state index contributed by atoms with van der Waals surface area (Å²) >= 11 is 0. The first-order valence-electron chi connectivity index (χ1n) is 8.60. The van der Waals surface area contributed by atoms with E-state index < -0.39 is 0 Å². The molecule has 4 heteroatoms. The summed E-state index contributed by atoms with van der Waals surface area (Å²) in [5, 5.41) is 5.78. The Morgan fingerprint density at radius 2 is 1.76 bits per heavy atom. The molecule has 0 fully saturated rings. The second-order valence-electron chi connectivity index (χ2n) is 6.23. The van der Waals surface area contributed by atoms with E-state index in [-0.39, 0.29) is 11.8 Å². The molecule has 1 atom stereocenters. The third-order valence-corrected chi connectivity index (χ3v) is 4.30. The van der Waals surface area contributed by atoms with Crippen molar-refractivity contribution in [3.8, 4) is 0 Å². The number of carbonyl (C=O) groups excluding carboxylic acids is 2. The summed E-state index contributed by atoms with van der Waals surface area (Å²) in [7, 11) is 0. The molecule has 0 saturated heterocycles. The van der Waals surface area contributed by atoms with Crippen molar-refractivity contribution in [2.24, 2.45) is 5.92 Å². The molecule has 1 aliphatic rings. The number of allylic oxidation sites excluding steroid dienone is 2. The molecule has 2 N–H and O–H groups in total. The molecule has 4 nitrogen and oxygen atoms in total. The lowest BCUT2D eigenvalue weighted by Crippen LogP contribution is -2.25. The summed E-state index contributed by atoms with van der Waals surface area (Å²) in [5.74, 6) is 0.0550. The molecule has 2 aromatic rings. The Kier molecular flexibility index (Phi) is 5.62. The summed E-state index contributed by atoms with van der Waals surface area (Å²) in [6.07, 6.45) is 6.72. The zero-order valence-electron chi connectivity index (χ0n) is 14.1. The van der Waals surface area contributed by atoms with Gasteiger partial charge < -0.3 is 10.6 Å². The van der Waals surface area contributed by atoms with Crippen molar-refractivity contribution in [1.82, 2.24) is 5.32 Å². The van der Waals surface area contributed by atoms with Crippen molar-refractivity contribution in [3.05, 3.63) is 77.9 Å². The molecule has 3 rings (SSSR count). The van der Waals surface area contributed by atoms with Gasteiger partial charge in [0, 0.05) is 13.0 Å². The summed E-state index contributed by atoms with van der Waals surface area (Å²) in [6, 6.07) is 16.8. The minimum Gasteiger partial charge on any atom is -0.348 e. The fourth-order valence-electron chi connectivity index (χ4n) is 2.97. The van der Waals surface area contributed by atoms with Gasteiger partial charge in [-0.2, -0.15) is 0 Å². The molecule has 0 saturated carbocycles. The normalized spacial score (nSPS) is 15.8. The molecule has 0 aliphatic heterocycles. The molecule has 0 bridgehead atoms. The first-order valence-corrected chi connectivity index (χ1v) is 8.60. The van der Waals surface area contributed by atoms with Gasteiger partial charge >= 0.3 is 0 Å². The van der Waals surface area contributed by atoms with Crippen molar-refractivity contribution in [2.75, 3.05) is 5.32 Å². The third-order valence-electron chi connectivity index (χ3n) is 4.30. The third kappa shape index (κ3) is 4.80. The van der Waals surface area contributed by atoms with Crippen LogP contribution in [0.25, 0.3) is 0 Å². The maximum atomic E-state index is 12.5. The average molecular weight is 334 g/mol. The summed E-state index contributed by atoms with van der Waals surface area (Å²) in [5.41, 5.74) is 2.07. The summed E-state index contributed by atoms with van der Waals surface area (Å²) < 4.78 is 0. The molecule has 2 aromatic carbocycles. The Hall–Kier alpha value is -2.88. The number of nitrogens with one attached hydrogen (secondary N) is 2. The van der Waals surface area contributed by atoms with Crippen LogP contribution in [0.4, 0.5) is 5.69 Å². The zero-order chi connectivity index (χ0) is 17.5. The molecule has 0 spiro atoms. The van der Waals surface area contributed by atoms with Crippen LogP contribution in [0.15, 0.2) is 66.7 Å². The summed E-state index contributed by atoms with van der Waals surface area (Å²) in [6.45, 7) is 0.453. The number of hydrogen-bond donors (Lipinski definition) is 2. The van der Waals surface area contributed by atoms with Gasteiger partial charge in [-0.1, -0.05) is 54.6 Å². The van der Waals surface area contributed by atoms with Gasteiger partial charge in [0.05, 0.1) is 11.3 Å². The van der Waals surface area contributed by atoms with Crippen molar-refractivity contribution >= 4 is 17.5 Å². The van der Waals surface area contributed by atoms with E-state index in [0.717, 1.165) is 18.4 Å². The number of para-hydroxylation sites is 1. The van der Waals surface area contributed by atoms with Crippen LogP contribution in [0.2, 0.25) is 0 Å². The molecular formula is C21H22N2O2. The molecule has 2 amide bonds. The van der Waals surface area contributed by atoms with Gasteiger partial charge in [-0.15, -0.1) is 0 Å². The van der Waals surface area contributed by atoms with Gasteiger partial charge in [0.1, 0.15) is 0 Å². The highest BCUT2D eigenvalue weighted by atomic mass is 16.2.